The zero-order valence-corrected chi connectivity index (χ0v) is 10.7. The summed E-state index contributed by atoms with van der Waals surface area (Å²) >= 11 is 4.78. The standard InChI is InChI=1S/C12H15N3O2S/c13-11(18)9-2-1-5-15(12(9)17)7-10(16)14-6-8-3-4-8/h1-2,5,8H,3-4,6-7H2,(H2,13,18)(H,14,16). The number of nitrogens with two attached hydrogens (primary N) is 1. The maximum absolute atomic E-state index is 11.9. The summed E-state index contributed by atoms with van der Waals surface area (Å²) in [7, 11) is 0. The molecule has 6 heteroatoms. The SMILES string of the molecule is NC(=S)c1cccn(CC(=O)NCC2CC2)c1=O. The van der Waals surface area contributed by atoms with Gasteiger partial charge in [0.2, 0.25) is 5.91 Å². The molecule has 1 heterocycles. The Bertz CT molecular complexity index is 534. The Balaban J connectivity index is 2.03. The van der Waals surface area contributed by atoms with Gasteiger partial charge in [-0.2, -0.15) is 0 Å². The van der Waals surface area contributed by atoms with E-state index in [0.717, 1.165) is 0 Å². The van der Waals surface area contributed by atoms with Gasteiger partial charge >= 0.3 is 0 Å². The topological polar surface area (TPSA) is 77.1 Å². The predicted octanol–water partition coefficient (Wildman–Crippen LogP) is 0.00870. The molecule has 1 saturated carbocycles. The summed E-state index contributed by atoms with van der Waals surface area (Å²) in [6, 6.07) is 3.22. The van der Waals surface area contributed by atoms with Gasteiger partial charge in [-0.3, -0.25) is 9.59 Å². The number of rotatable bonds is 5. The Morgan fingerprint density at radius 1 is 1.56 bits per heavy atom. The van der Waals surface area contributed by atoms with E-state index in [1.165, 1.54) is 17.4 Å². The Labute approximate surface area is 110 Å². The van der Waals surface area contributed by atoms with Crippen LogP contribution in [0.1, 0.15) is 18.4 Å². The lowest BCUT2D eigenvalue weighted by Gasteiger charge is -2.08. The van der Waals surface area contributed by atoms with Crippen LogP contribution in [0.25, 0.3) is 0 Å². The van der Waals surface area contributed by atoms with Crippen molar-refractivity contribution < 1.29 is 4.79 Å². The van der Waals surface area contributed by atoms with Crippen LogP contribution in [0, 0.1) is 5.92 Å². The summed E-state index contributed by atoms with van der Waals surface area (Å²) in [5, 5.41) is 2.81. The molecule has 0 saturated heterocycles. The Morgan fingerprint density at radius 3 is 2.89 bits per heavy atom. The molecule has 0 atom stereocenters. The molecule has 5 nitrogen and oxygen atoms in total. The van der Waals surface area contributed by atoms with Crippen LogP contribution < -0.4 is 16.6 Å². The second-order valence-electron chi connectivity index (χ2n) is 4.47. The number of carbonyl (C=O) groups excluding carboxylic acids is 1. The highest BCUT2D eigenvalue weighted by Crippen LogP contribution is 2.27. The average Bonchev–Trinajstić information content (AvgIpc) is 3.13. The van der Waals surface area contributed by atoms with Gasteiger partial charge in [-0.05, 0) is 30.9 Å². The van der Waals surface area contributed by atoms with Crippen LogP contribution >= 0.6 is 12.2 Å². The number of nitrogens with one attached hydrogen (secondary N) is 1. The van der Waals surface area contributed by atoms with Crippen LogP contribution in [0.15, 0.2) is 23.1 Å². The van der Waals surface area contributed by atoms with E-state index < -0.39 is 0 Å². The minimum atomic E-state index is -0.327. The van der Waals surface area contributed by atoms with Gasteiger partial charge in [0, 0.05) is 12.7 Å². The highest BCUT2D eigenvalue weighted by molar-refractivity contribution is 7.80. The minimum Gasteiger partial charge on any atom is -0.389 e. The molecule has 1 aliphatic rings. The first-order valence-electron chi connectivity index (χ1n) is 5.84. The molecular formula is C12H15N3O2S. The summed E-state index contributed by atoms with van der Waals surface area (Å²) in [6.07, 6.45) is 3.91. The lowest BCUT2D eigenvalue weighted by molar-refractivity contribution is -0.121. The maximum atomic E-state index is 11.9. The molecule has 0 aliphatic heterocycles. The highest BCUT2D eigenvalue weighted by atomic mass is 32.1. The van der Waals surface area contributed by atoms with Gasteiger partial charge in [0.05, 0.1) is 5.56 Å². The van der Waals surface area contributed by atoms with Crippen LogP contribution in [0.4, 0.5) is 0 Å². The molecular weight excluding hydrogens is 250 g/mol. The number of hydrogen-bond acceptors (Lipinski definition) is 3. The van der Waals surface area contributed by atoms with Gasteiger partial charge in [0.15, 0.2) is 0 Å². The monoisotopic (exact) mass is 265 g/mol. The molecule has 1 aliphatic carbocycles. The van der Waals surface area contributed by atoms with Gasteiger partial charge in [0.25, 0.3) is 5.56 Å². The third kappa shape index (κ3) is 3.16. The number of nitrogens with zero attached hydrogens (tertiary/aromatic N) is 1. The van der Waals surface area contributed by atoms with Crippen molar-refractivity contribution in [2.45, 2.75) is 19.4 Å². The van der Waals surface area contributed by atoms with Crippen molar-refractivity contribution >= 4 is 23.1 Å². The fourth-order valence-corrected chi connectivity index (χ4v) is 1.79. The third-order valence-electron chi connectivity index (χ3n) is 2.88. The van der Waals surface area contributed by atoms with Crippen LogP contribution in [0.3, 0.4) is 0 Å². The van der Waals surface area contributed by atoms with E-state index in [2.05, 4.69) is 5.32 Å². The van der Waals surface area contributed by atoms with Crippen molar-refractivity contribution in [3.05, 3.63) is 34.2 Å². The van der Waals surface area contributed by atoms with E-state index in [4.69, 9.17) is 18.0 Å². The molecule has 3 N–H and O–H groups in total. The molecule has 0 bridgehead atoms. The first-order chi connectivity index (χ1) is 8.58. The number of pyridine rings is 1. The Morgan fingerprint density at radius 2 is 2.28 bits per heavy atom. The van der Waals surface area contributed by atoms with Crippen LogP contribution in [0.2, 0.25) is 0 Å². The van der Waals surface area contributed by atoms with Crippen LogP contribution in [0.5, 0.6) is 0 Å². The van der Waals surface area contributed by atoms with E-state index in [1.807, 2.05) is 0 Å². The molecule has 18 heavy (non-hydrogen) atoms. The molecule has 0 radical (unpaired) electrons. The number of thiocarbonyl (C=S) groups is 1. The molecule has 1 fully saturated rings. The third-order valence-corrected chi connectivity index (χ3v) is 3.10. The summed E-state index contributed by atoms with van der Waals surface area (Å²) in [4.78, 5) is 23.6. The average molecular weight is 265 g/mol. The fourth-order valence-electron chi connectivity index (χ4n) is 1.64. The van der Waals surface area contributed by atoms with Crippen molar-refractivity contribution in [2.75, 3.05) is 6.54 Å². The van der Waals surface area contributed by atoms with Gasteiger partial charge in [-0.15, -0.1) is 0 Å². The van der Waals surface area contributed by atoms with E-state index >= 15 is 0 Å². The first-order valence-corrected chi connectivity index (χ1v) is 6.24. The van der Waals surface area contributed by atoms with Crippen molar-refractivity contribution in [1.29, 1.82) is 0 Å². The quantitative estimate of drug-likeness (QED) is 0.735. The Kier molecular flexibility index (Phi) is 3.76. The largest absolute Gasteiger partial charge is 0.389 e. The molecule has 96 valence electrons. The number of hydrogen-bond donors (Lipinski definition) is 2. The molecule has 1 aromatic rings. The number of amides is 1. The lowest BCUT2D eigenvalue weighted by Crippen LogP contribution is -2.35. The summed E-state index contributed by atoms with van der Waals surface area (Å²) < 4.78 is 1.32. The van der Waals surface area contributed by atoms with Gasteiger partial charge in [-0.25, -0.2) is 0 Å². The molecule has 2 rings (SSSR count). The van der Waals surface area contributed by atoms with Crippen LogP contribution in [-0.4, -0.2) is 22.0 Å². The summed E-state index contributed by atoms with van der Waals surface area (Å²) in [6.45, 7) is 0.699. The molecule has 1 aromatic heterocycles. The lowest BCUT2D eigenvalue weighted by atomic mass is 10.3. The van der Waals surface area contributed by atoms with Gasteiger partial charge < -0.3 is 15.6 Å². The Hall–Kier alpha value is -1.69. The van der Waals surface area contributed by atoms with E-state index in [-0.39, 0.29) is 28.6 Å². The zero-order valence-electron chi connectivity index (χ0n) is 9.89. The highest BCUT2D eigenvalue weighted by Gasteiger charge is 2.21. The van der Waals surface area contributed by atoms with Gasteiger partial charge in [-0.1, -0.05) is 12.2 Å². The maximum Gasteiger partial charge on any atom is 0.261 e. The summed E-state index contributed by atoms with van der Waals surface area (Å²) in [5.41, 5.74) is 5.38. The predicted molar refractivity (Wildman–Crippen MR) is 72.3 cm³/mol. The molecule has 1 amide bonds. The fraction of sp³-hybridized carbons (Fsp3) is 0.417. The van der Waals surface area contributed by atoms with Crippen molar-refractivity contribution in [1.82, 2.24) is 9.88 Å². The molecule has 0 aromatic carbocycles. The van der Waals surface area contributed by atoms with E-state index in [9.17, 15) is 9.59 Å². The summed E-state index contributed by atoms with van der Waals surface area (Å²) in [5.74, 6) is 0.456. The zero-order chi connectivity index (χ0) is 13.1. The second-order valence-corrected chi connectivity index (χ2v) is 4.91. The second kappa shape index (κ2) is 5.30. The van der Waals surface area contributed by atoms with E-state index in [1.54, 1.807) is 18.3 Å². The van der Waals surface area contributed by atoms with Crippen LogP contribution in [-0.2, 0) is 11.3 Å². The minimum absolute atomic E-state index is 0.00199. The smallest absolute Gasteiger partial charge is 0.261 e. The van der Waals surface area contributed by atoms with E-state index in [0.29, 0.717) is 12.5 Å². The number of aromatic nitrogens is 1. The first kappa shape index (κ1) is 12.8. The van der Waals surface area contributed by atoms with Gasteiger partial charge in [0.1, 0.15) is 11.5 Å². The van der Waals surface area contributed by atoms with Crippen molar-refractivity contribution in [3.8, 4) is 0 Å². The molecule has 0 spiro atoms. The van der Waals surface area contributed by atoms with Crippen molar-refractivity contribution in [2.24, 2.45) is 11.7 Å². The molecule has 0 unspecified atom stereocenters. The normalized spacial score (nSPS) is 14.2. The number of carbonyl (C=O) groups is 1. The van der Waals surface area contributed by atoms with Crippen molar-refractivity contribution in [3.63, 3.8) is 0 Å².